The summed E-state index contributed by atoms with van der Waals surface area (Å²) in [7, 11) is 0. The second kappa shape index (κ2) is 5.70. The zero-order chi connectivity index (χ0) is 14.0. The molecule has 1 amide bonds. The van der Waals surface area contributed by atoms with Crippen LogP contribution in [-0.2, 0) is 0 Å². The number of rotatable bonds is 2. The Morgan fingerprint density at radius 2 is 1.68 bits per heavy atom. The van der Waals surface area contributed by atoms with E-state index in [0.717, 1.165) is 0 Å². The van der Waals surface area contributed by atoms with Crippen molar-refractivity contribution in [3.8, 4) is 5.75 Å². The molecule has 2 rings (SSSR count). The van der Waals surface area contributed by atoms with Crippen LogP contribution in [0.4, 0.5) is 5.69 Å². The number of phenolic OH excluding ortho intramolecular Hbond substituents is 1. The molecule has 6 heteroatoms. The van der Waals surface area contributed by atoms with Crippen molar-refractivity contribution in [2.75, 3.05) is 5.32 Å². The van der Waals surface area contributed by atoms with Crippen molar-refractivity contribution in [2.45, 2.75) is 0 Å². The van der Waals surface area contributed by atoms with E-state index in [1.165, 1.54) is 30.3 Å². The molecule has 0 unspecified atom stereocenters. The van der Waals surface area contributed by atoms with E-state index in [1.807, 2.05) is 0 Å². The Balaban J connectivity index is 2.23. The van der Waals surface area contributed by atoms with E-state index in [-0.39, 0.29) is 16.7 Å². The van der Waals surface area contributed by atoms with Crippen molar-refractivity contribution in [3.05, 3.63) is 57.0 Å². The van der Waals surface area contributed by atoms with E-state index in [9.17, 15) is 9.90 Å². The Hall–Kier alpha value is -1.42. The molecular weight excluding hydrogens is 309 g/mol. The fourth-order valence-electron chi connectivity index (χ4n) is 1.44. The van der Waals surface area contributed by atoms with Crippen LogP contribution in [0.15, 0.2) is 36.4 Å². The third-order valence-corrected chi connectivity index (χ3v) is 3.43. The van der Waals surface area contributed by atoms with Gasteiger partial charge in [-0.1, -0.05) is 34.8 Å². The monoisotopic (exact) mass is 315 g/mol. The molecule has 0 aliphatic heterocycles. The minimum absolute atomic E-state index is 0.0255. The first-order chi connectivity index (χ1) is 8.97. The number of amides is 1. The van der Waals surface area contributed by atoms with Crippen LogP contribution in [-0.4, -0.2) is 11.0 Å². The molecule has 2 aromatic rings. The maximum absolute atomic E-state index is 12.0. The standard InChI is InChI=1S/C13H8Cl3NO2/c14-9-3-1-7(5-10(9)15)13(19)17-12-4-2-8(18)6-11(12)16/h1-6,18H,(H,17,19). The summed E-state index contributed by atoms with van der Waals surface area (Å²) in [6, 6.07) is 8.83. The van der Waals surface area contributed by atoms with Crippen LogP contribution in [0.2, 0.25) is 15.1 Å². The SMILES string of the molecule is O=C(Nc1ccc(O)cc1Cl)c1ccc(Cl)c(Cl)c1. The number of phenols is 1. The van der Waals surface area contributed by atoms with Gasteiger partial charge in [-0.05, 0) is 30.3 Å². The average molecular weight is 317 g/mol. The van der Waals surface area contributed by atoms with Gasteiger partial charge in [-0.25, -0.2) is 0 Å². The zero-order valence-corrected chi connectivity index (χ0v) is 11.7. The van der Waals surface area contributed by atoms with Gasteiger partial charge in [0.2, 0.25) is 0 Å². The predicted octanol–water partition coefficient (Wildman–Crippen LogP) is 4.60. The first-order valence-corrected chi connectivity index (χ1v) is 6.35. The quantitative estimate of drug-likeness (QED) is 0.795. The zero-order valence-electron chi connectivity index (χ0n) is 9.45. The van der Waals surface area contributed by atoms with Gasteiger partial charge in [-0.2, -0.15) is 0 Å². The fraction of sp³-hybridized carbons (Fsp3) is 0. The molecule has 2 aromatic carbocycles. The Labute approximate surface area is 124 Å². The Bertz CT molecular complexity index is 644. The van der Waals surface area contributed by atoms with Crippen LogP contribution >= 0.6 is 34.8 Å². The first-order valence-electron chi connectivity index (χ1n) is 5.22. The summed E-state index contributed by atoms with van der Waals surface area (Å²) in [6.45, 7) is 0. The molecule has 0 saturated carbocycles. The minimum atomic E-state index is -0.369. The third-order valence-electron chi connectivity index (χ3n) is 2.38. The molecule has 0 bridgehead atoms. The molecule has 0 aromatic heterocycles. The van der Waals surface area contributed by atoms with E-state index >= 15 is 0 Å². The second-order valence-corrected chi connectivity index (χ2v) is 4.97. The number of hydrogen-bond donors (Lipinski definition) is 2. The van der Waals surface area contributed by atoms with Crippen LogP contribution < -0.4 is 5.32 Å². The molecule has 0 fully saturated rings. The van der Waals surface area contributed by atoms with Crippen molar-refractivity contribution >= 4 is 46.4 Å². The van der Waals surface area contributed by atoms with E-state index in [1.54, 1.807) is 6.07 Å². The highest BCUT2D eigenvalue weighted by atomic mass is 35.5. The molecular formula is C13H8Cl3NO2. The van der Waals surface area contributed by atoms with E-state index < -0.39 is 0 Å². The van der Waals surface area contributed by atoms with Crippen molar-refractivity contribution in [3.63, 3.8) is 0 Å². The summed E-state index contributed by atoms with van der Waals surface area (Å²) < 4.78 is 0. The Kier molecular flexibility index (Phi) is 4.20. The molecule has 2 N–H and O–H groups in total. The number of nitrogens with one attached hydrogen (secondary N) is 1. The van der Waals surface area contributed by atoms with Gasteiger partial charge in [0.25, 0.3) is 5.91 Å². The summed E-state index contributed by atoms with van der Waals surface area (Å²) in [5.41, 5.74) is 0.758. The van der Waals surface area contributed by atoms with Crippen molar-refractivity contribution in [1.82, 2.24) is 0 Å². The predicted molar refractivity (Wildman–Crippen MR) is 77.5 cm³/mol. The molecule has 0 radical (unpaired) electrons. The maximum atomic E-state index is 12.0. The number of carbonyl (C=O) groups is 1. The molecule has 98 valence electrons. The van der Waals surface area contributed by atoms with Gasteiger partial charge >= 0.3 is 0 Å². The van der Waals surface area contributed by atoms with E-state index in [4.69, 9.17) is 34.8 Å². The lowest BCUT2D eigenvalue weighted by molar-refractivity contribution is 0.102. The van der Waals surface area contributed by atoms with Crippen LogP contribution in [0.3, 0.4) is 0 Å². The highest BCUT2D eigenvalue weighted by molar-refractivity contribution is 6.42. The third kappa shape index (κ3) is 3.32. The van der Waals surface area contributed by atoms with Gasteiger partial charge in [0.1, 0.15) is 5.75 Å². The molecule has 0 aliphatic carbocycles. The maximum Gasteiger partial charge on any atom is 0.255 e. The highest BCUT2D eigenvalue weighted by Crippen LogP contribution is 2.27. The van der Waals surface area contributed by atoms with Gasteiger partial charge in [0.15, 0.2) is 0 Å². The molecule has 0 saturated heterocycles. The average Bonchev–Trinajstić information content (AvgIpc) is 2.36. The molecule has 0 aliphatic rings. The van der Waals surface area contributed by atoms with Crippen molar-refractivity contribution < 1.29 is 9.90 Å². The number of halogens is 3. The van der Waals surface area contributed by atoms with Gasteiger partial charge in [0.05, 0.1) is 20.8 Å². The second-order valence-electron chi connectivity index (χ2n) is 3.75. The Morgan fingerprint density at radius 3 is 2.32 bits per heavy atom. The normalized spacial score (nSPS) is 10.3. The summed E-state index contributed by atoms with van der Waals surface area (Å²) in [5.74, 6) is -0.344. The smallest absolute Gasteiger partial charge is 0.255 e. The lowest BCUT2D eigenvalue weighted by Crippen LogP contribution is -2.12. The molecule has 0 spiro atoms. The number of benzene rings is 2. The van der Waals surface area contributed by atoms with Crippen LogP contribution in [0, 0.1) is 0 Å². The van der Waals surface area contributed by atoms with E-state index in [0.29, 0.717) is 21.3 Å². The van der Waals surface area contributed by atoms with Crippen LogP contribution in [0.1, 0.15) is 10.4 Å². The summed E-state index contributed by atoms with van der Waals surface area (Å²) >= 11 is 17.5. The van der Waals surface area contributed by atoms with Gasteiger partial charge < -0.3 is 10.4 Å². The number of hydrogen-bond acceptors (Lipinski definition) is 2. The van der Waals surface area contributed by atoms with Gasteiger partial charge in [-0.15, -0.1) is 0 Å². The number of anilines is 1. The van der Waals surface area contributed by atoms with Crippen molar-refractivity contribution in [1.29, 1.82) is 0 Å². The number of aromatic hydroxyl groups is 1. The minimum Gasteiger partial charge on any atom is -0.508 e. The molecule has 0 atom stereocenters. The first kappa shape index (κ1) is 14.0. The molecule has 0 heterocycles. The number of carbonyl (C=O) groups excluding carboxylic acids is 1. The summed E-state index contributed by atoms with van der Waals surface area (Å²) in [4.78, 5) is 12.0. The van der Waals surface area contributed by atoms with Crippen molar-refractivity contribution in [2.24, 2.45) is 0 Å². The largest absolute Gasteiger partial charge is 0.508 e. The Morgan fingerprint density at radius 1 is 0.947 bits per heavy atom. The highest BCUT2D eigenvalue weighted by Gasteiger charge is 2.10. The van der Waals surface area contributed by atoms with Gasteiger partial charge in [0, 0.05) is 11.6 Å². The molecule has 3 nitrogen and oxygen atoms in total. The van der Waals surface area contributed by atoms with Crippen LogP contribution in [0.25, 0.3) is 0 Å². The summed E-state index contributed by atoms with van der Waals surface area (Å²) in [6.07, 6.45) is 0. The van der Waals surface area contributed by atoms with E-state index in [2.05, 4.69) is 5.32 Å². The fourth-order valence-corrected chi connectivity index (χ4v) is 1.96. The lowest BCUT2D eigenvalue weighted by atomic mass is 10.2. The topological polar surface area (TPSA) is 49.3 Å². The molecule has 19 heavy (non-hydrogen) atoms. The van der Waals surface area contributed by atoms with Gasteiger partial charge in [-0.3, -0.25) is 4.79 Å². The summed E-state index contributed by atoms with van der Waals surface area (Å²) in [5, 5.41) is 12.8. The lowest BCUT2D eigenvalue weighted by Gasteiger charge is -2.08. The van der Waals surface area contributed by atoms with Crippen LogP contribution in [0.5, 0.6) is 5.75 Å².